The number of alkyl halides is 1. The van der Waals surface area contributed by atoms with Crippen LogP contribution in [0.5, 0.6) is 17.2 Å². The largest absolute Gasteiger partial charge is 0.508 e. The molecule has 35 heavy (non-hydrogen) atoms. The van der Waals surface area contributed by atoms with Crippen LogP contribution in [-0.2, 0) is 0 Å². The van der Waals surface area contributed by atoms with Crippen LogP contribution in [0.2, 0.25) is 0 Å². The number of rotatable bonds is 7. The second kappa shape index (κ2) is 9.81. The van der Waals surface area contributed by atoms with Gasteiger partial charge in [-0.2, -0.15) is 5.26 Å². The Kier molecular flexibility index (Phi) is 6.43. The molecule has 1 N–H and O–H groups in total. The van der Waals surface area contributed by atoms with Crippen molar-refractivity contribution in [3.05, 3.63) is 89.0 Å². The molecule has 0 bridgehead atoms. The van der Waals surface area contributed by atoms with Gasteiger partial charge in [-0.3, -0.25) is 9.29 Å². The number of fused-ring (bicyclic) bond motifs is 1. The lowest BCUT2D eigenvalue weighted by Crippen LogP contribution is -2.49. The van der Waals surface area contributed by atoms with Crippen LogP contribution < -0.4 is 9.47 Å². The fourth-order valence-corrected chi connectivity index (χ4v) is 4.76. The van der Waals surface area contributed by atoms with Gasteiger partial charge < -0.3 is 14.6 Å². The minimum atomic E-state index is -0.384. The van der Waals surface area contributed by atoms with Gasteiger partial charge in [0.2, 0.25) is 0 Å². The van der Waals surface area contributed by atoms with Crippen LogP contribution in [0.3, 0.4) is 0 Å². The van der Waals surface area contributed by atoms with Crippen LogP contribution in [0.4, 0.5) is 4.39 Å². The average Bonchev–Trinajstić information content (AvgIpc) is 2.85. The number of allylic oxidation sites excluding steroid dienone is 1. The summed E-state index contributed by atoms with van der Waals surface area (Å²) in [5, 5.41) is 19.2. The molecule has 178 valence electrons. The predicted octanol–water partition coefficient (Wildman–Crippen LogP) is 5.61. The minimum Gasteiger partial charge on any atom is -0.508 e. The van der Waals surface area contributed by atoms with Crippen molar-refractivity contribution in [1.82, 2.24) is 4.90 Å². The normalized spacial score (nSPS) is 17.8. The van der Waals surface area contributed by atoms with Crippen LogP contribution in [0.1, 0.15) is 35.3 Å². The van der Waals surface area contributed by atoms with Gasteiger partial charge in [-0.15, -0.1) is 0 Å². The van der Waals surface area contributed by atoms with Crippen molar-refractivity contribution in [2.45, 2.75) is 13.0 Å². The topological polar surface area (TPSA) is 65.7 Å². The maximum absolute atomic E-state index is 12.6. The lowest BCUT2D eigenvalue weighted by Gasteiger charge is -2.37. The number of nitriles is 1. The number of aromatic hydroxyl groups is 1. The van der Waals surface area contributed by atoms with E-state index >= 15 is 0 Å². The molecule has 1 atom stereocenters. The molecule has 5 nitrogen and oxygen atoms in total. The summed E-state index contributed by atoms with van der Waals surface area (Å²) in [6, 6.07) is 22.7. The Balaban J connectivity index is 1.38. The van der Waals surface area contributed by atoms with Crippen LogP contribution in [0.25, 0.3) is 11.1 Å². The van der Waals surface area contributed by atoms with Crippen molar-refractivity contribution < 1.29 is 19.0 Å². The Bertz CT molecular complexity index is 1270. The molecule has 0 saturated carbocycles. The molecule has 5 rings (SSSR count). The first-order chi connectivity index (χ1) is 17.1. The van der Waals surface area contributed by atoms with Crippen LogP contribution in [0.15, 0.2) is 66.7 Å². The zero-order valence-corrected chi connectivity index (χ0v) is 19.6. The second-order valence-electron chi connectivity index (χ2n) is 9.10. The summed E-state index contributed by atoms with van der Waals surface area (Å²) in [5.41, 5.74) is 5.54. The number of benzene rings is 3. The van der Waals surface area contributed by atoms with Gasteiger partial charge >= 0.3 is 0 Å². The van der Waals surface area contributed by atoms with Gasteiger partial charge in [0.15, 0.2) is 0 Å². The molecular weight excluding hydrogens is 443 g/mol. The molecule has 2 aliphatic rings. The first kappa shape index (κ1) is 22.9. The maximum atomic E-state index is 12.6. The van der Waals surface area contributed by atoms with Crippen molar-refractivity contribution in [2.75, 3.05) is 32.9 Å². The third kappa shape index (κ3) is 4.73. The Morgan fingerprint density at radius 1 is 1.09 bits per heavy atom. The van der Waals surface area contributed by atoms with Crippen molar-refractivity contribution in [1.29, 1.82) is 5.26 Å². The fraction of sp³-hybridized carbons (Fsp3) is 0.276. The standard InChI is InChI=1S/C29H27FN2O3/c1-19-26-11-8-24(33)14-27(26)35-29(28(19)22-4-2-20(16-31)3-5-22)23-6-9-25(10-7-23)34-13-12-32-17-21(15-30)18-32/h2-11,14,21,29,33H,12-13,15,17-18H2,1H3/t29-/m1/s1. The van der Waals surface area contributed by atoms with E-state index in [0.29, 0.717) is 17.9 Å². The molecule has 6 heteroatoms. The molecule has 1 fully saturated rings. The van der Waals surface area contributed by atoms with E-state index in [-0.39, 0.29) is 24.4 Å². The van der Waals surface area contributed by atoms with Gasteiger partial charge in [-0.25, -0.2) is 0 Å². The third-order valence-electron chi connectivity index (χ3n) is 6.72. The number of ether oxygens (including phenoxy) is 2. The number of hydrogen-bond acceptors (Lipinski definition) is 5. The second-order valence-corrected chi connectivity index (χ2v) is 9.10. The highest BCUT2D eigenvalue weighted by Gasteiger charge is 2.30. The maximum Gasteiger partial charge on any atom is 0.150 e. The molecule has 2 aliphatic heterocycles. The van der Waals surface area contributed by atoms with E-state index in [4.69, 9.17) is 9.47 Å². The van der Waals surface area contributed by atoms with Crippen molar-refractivity contribution in [3.63, 3.8) is 0 Å². The summed E-state index contributed by atoms with van der Waals surface area (Å²) in [7, 11) is 0. The highest BCUT2D eigenvalue weighted by Crippen LogP contribution is 2.47. The average molecular weight is 471 g/mol. The van der Waals surface area contributed by atoms with Gasteiger partial charge in [-0.1, -0.05) is 24.3 Å². The third-order valence-corrected chi connectivity index (χ3v) is 6.72. The highest BCUT2D eigenvalue weighted by atomic mass is 19.1. The van der Waals surface area contributed by atoms with Crippen molar-refractivity contribution in [2.24, 2.45) is 5.92 Å². The molecule has 0 aliphatic carbocycles. The summed E-state index contributed by atoms with van der Waals surface area (Å²) in [4.78, 5) is 2.19. The number of nitrogens with zero attached hydrogens (tertiary/aromatic N) is 2. The number of halogens is 1. The van der Waals surface area contributed by atoms with Crippen LogP contribution in [-0.4, -0.2) is 42.9 Å². The minimum absolute atomic E-state index is 0.154. The molecular formula is C29H27FN2O3. The van der Waals surface area contributed by atoms with Gasteiger partial charge in [0.25, 0.3) is 0 Å². The summed E-state index contributed by atoms with van der Waals surface area (Å²) >= 11 is 0. The van der Waals surface area contributed by atoms with Gasteiger partial charge in [0, 0.05) is 42.8 Å². The monoisotopic (exact) mass is 470 g/mol. The number of phenolic OH excluding ortho intramolecular Hbond substituents is 1. The zero-order chi connectivity index (χ0) is 24.4. The molecule has 1 saturated heterocycles. The van der Waals surface area contributed by atoms with Crippen molar-refractivity contribution >= 4 is 11.1 Å². The van der Waals surface area contributed by atoms with E-state index in [1.807, 2.05) is 54.6 Å². The number of hydrogen-bond donors (Lipinski definition) is 1. The quantitative estimate of drug-likeness (QED) is 0.486. The summed E-state index contributed by atoms with van der Waals surface area (Å²) < 4.78 is 24.9. The smallest absolute Gasteiger partial charge is 0.150 e. The predicted molar refractivity (Wildman–Crippen MR) is 133 cm³/mol. The highest BCUT2D eigenvalue weighted by molar-refractivity contribution is 5.95. The molecule has 3 aromatic rings. The van der Waals surface area contributed by atoms with Gasteiger partial charge in [0.05, 0.1) is 18.3 Å². The number of likely N-dealkylation sites (tertiary alicyclic amines) is 1. The summed E-state index contributed by atoms with van der Waals surface area (Å²) in [6.45, 7) is 4.76. The SMILES string of the molecule is CC1=C(c2ccc(C#N)cc2)[C@@H](c2ccc(OCCN3CC(CF)C3)cc2)Oc2cc(O)ccc21. The molecule has 0 radical (unpaired) electrons. The summed E-state index contributed by atoms with van der Waals surface area (Å²) in [5.74, 6) is 1.73. The van der Waals surface area contributed by atoms with Crippen LogP contribution >= 0.6 is 0 Å². The van der Waals surface area contributed by atoms with Crippen molar-refractivity contribution in [3.8, 4) is 23.3 Å². The lowest BCUT2D eigenvalue weighted by atomic mass is 9.86. The van der Waals surface area contributed by atoms with E-state index in [9.17, 15) is 14.8 Å². The van der Waals surface area contributed by atoms with Gasteiger partial charge in [0.1, 0.15) is 30.0 Å². The summed E-state index contributed by atoms with van der Waals surface area (Å²) in [6.07, 6.45) is -0.384. The Morgan fingerprint density at radius 2 is 1.83 bits per heavy atom. The van der Waals surface area contributed by atoms with E-state index in [1.165, 1.54) is 0 Å². The molecule has 0 unspecified atom stereocenters. The first-order valence-corrected chi connectivity index (χ1v) is 11.8. The fourth-order valence-electron chi connectivity index (χ4n) is 4.76. The number of phenols is 1. The van der Waals surface area contributed by atoms with Gasteiger partial charge in [-0.05, 0) is 60.0 Å². The van der Waals surface area contributed by atoms with Crippen LogP contribution in [0, 0.1) is 17.2 Å². The Morgan fingerprint density at radius 3 is 2.51 bits per heavy atom. The molecule has 3 aromatic carbocycles. The Labute approximate surface area is 204 Å². The molecule has 2 heterocycles. The lowest BCUT2D eigenvalue weighted by molar-refractivity contribution is 0.0668. The van der Waals surface area contributed by atoms with E-state index in [2.05, 4.69) is 17.9 Å². The van der Waals surface area contributed by atoms with E-state index < -0.39 is 0 Å². The molecule has 0 spiro atoms. The molecule has 0 aromatic heterocycles. The molecule has 0 amide bonds. The van der Waals surface area contributed by atoms with E-state index in [0.717, 1.165) is 53.2 Å². The Hall–Kier alpha value is -3.82. The van der Waals surface area contributed by atoms with E-state index in [1.54, 1.807) is 12.1 Å². The zero-order valence-electron chi connectivity index (χ0n) is 19.6. The first-order valence-electron chi connectivity index (χ1n) is 11.8.